The van der Waals surface area contributed by atoms with Crippen molar-refractivity contribution >= 4 is 0 Å². The Labute approximate surface area is 102 Å². The minimum absolute atomic E-state index is 0.335. The Morgan fingerprint density at radius 1 is 1.41 bits per heavy atom. The second-order valence-corrected chi connectivity index (χ2v) is 6.13. The highest BCUT2D eigenvalue weighted by molar-refractivity contribution is 5.48. The maximum absolute atomic E-state index is 9.78. The second kappa shape index (κ2) is 3.05. The minimum atomic E-state index is 0.335. The summed E-state index contributed by atoms with van der Waals surface area (Å²) in [6.45, 7) is 2.30. The molecule has 17 heavy (non-hydrogen) atoms. The first kappa shape index (κ1) is 9.95. The molecule has 1 aliphatic carbocycles. The van der Waals surface area contributed by atoms with Crippen LogP contribution in [0.2, 0.25) is 0 Å². The molecule has 0 radical (unpaired) electrons. The van der Waals surface area contributed by atoms with Crippen molar-refractivity contribution in [1.82, 2.24) is 5.32 Å². The van der Waals surface area contributed by atoms with Crippen molar-refractivity contribution in [2.45, 2.75) is 56.0 Å². The third-order valence-electron chi connectivity index (χ3n) is 5.41. The SMILES string of the molecule is CC[C@@]12C[C@H]3C[C@@H](c4ccc(O)cc41)[C@@H](C2)N3. The summed E-state index contributed by atoms with van der Waals surface area (Å²) in [6.07, 6.45) is 5.02. The van der Waals surface area contributed by atoms with E-state index in [0.717, 1.165) is 0 Å². The fourth-order valence-electron chi connectivity index (χ4n) is 4.65. The normalized spacial score (nSPS) is 41.6. The molecule has 2 saturated heterocycles. The maximum Gasteiger partial charge on any atom is 0.115 e. The molecule has 2 fully saturated rings. The lowest BCUT2D eigenvalue weighted by Crippen LogP contribution is -2.50. The lowest BCUT2D eigenvalue weighted by atomic mass is 9.63. The lowest BCUT2D eigenvalue weighted by molar-refractivity contribution is 0.222. The van der Waals surface area contributed by atoms with Gasteiger partial charge in [-0.25, -0.2) is 0 Å². The number of nitrogens with one attached hydrogen (secondary N) is 1. The zero-order valence-electron chi connectivity index (χ0n) is 10.2. The van der Waals surface area contributed by atoms with E-state index < -0.39 is 0 Å². The summed E-state index contributed by atoms with van der Waals surface area (Å²) in [4.78, 5) is 0. The Morgan fingerprint density at radius 3 is 3.12 bits per heavy atom. The van der Waals surface area contributed by atoms with Crippen LogP contribution in [0.15, 0.2) is 18.2 Å². The Morgan fingerprint density at radius 2 is 2.29 bits per heavy atom. The van der Waals surface area contributed by atoms with E-state index in [4.69, 9.17) is 0 Å². The van der Waals surface area contributed by atoms with Crippen molar-refractivity contribution in [2.24, 2.45) is 0 Å². The van der Waals surface area contributed by atoms with E-state index in [1.807, 2.05) is 12.1 Å². The number of fused-ring (bicyclic) bond motifs is 5. The summed E-state index contributed by atoms with van der Waals surface area (Å²) >= 11 is 0. The molecule has 90 valence electrons. The van der Waals surface area contributed by atoms with E-state index in [1.165, 1.54) is 36.8 Å². The molecule has 0 unspecified atom stereocenters. The Hall–Kier alpha value is -1.02. The van der Waals surface area contributed by atoms with Gasteiger partial charge in [0.15, 0.2) is 0 Å². The fourth-order valence-corrected chi connectivity index (χ4v) is 4.65. The molecule has 3 bridgehead atoms. The molecular weight excluding hydrogens is 210 g/mol. The van der Waals surface area contributed by atoms with Crippen molar-refractivity contribution in [2.75, 3.05) is 0 Å². The van der Waals surface area contributed by atoms with Crippen LogP contribution in [-0.2, 0) is 5.41 Å². The number of hydrogen-bond acceptors (Lipinski definition) is 2. The highest BCUT2D eigenvalue weighted by Crippen LogP contribution is 2.56. The van der Waals surface area contributed by atoms with Gasteiger partial charge in [0.25, 0.3) is 0 Å². The molecular formula is C15H19NO. The van der Waals surface area contributed by atoms with Gasteiger partial charge in [-0.3, -0.25) is 0 Å². The molecule has 4 atom stereocenters. The van der Waals surface area contributed by atoms with Crippen LogP contribution in [-0.4, -0.2) is 17.2 Å². The smallest absolute Gasteiger partial charge is 0.115 e. The van der Waals surface area contributed by atoms with Gasteiger partial charge in [0, 0.05) is 18.0 Å². The molecule has 0 spiro atoms. The van der Waals surface area contributed by atoms with Gasteiger partial charge in [-0.1, -0.05) is 13.0 Å². The fraction of sp³-hybridized carbons (Fsp3) is 0.600. The number of phenols is 1. The molecule has 2 heteroatoms. The number of aromatic hydroxyl groups is 1. The van der Waals surface area contributed by atoms with Gasteiger partial charge < -0.3 is 10.4 Å². The molecule has 1 aromatic carbocycles. The Kier molecular flexibility index (Phi) is 1.79. The van der Waals surface area contributed by atoms with Crippen molar-refractivity contribution in [3.8, 4) is 5.75 Å². The summed E-state index contributed by atoms with van der Waals surface area (Å²) < 4.78 is 0. The number of phenolic OH excluding ortho intramolecular Hbond substituents is 1. The Balaban J connectivity index is 1.98. The van der Waals surface area contributed by atoms with Gasteiger partial charge in [-0.2, -0.15) is 0 Å². The third-order valence-corrected chi connectivity index (χ3v) is 5.41. The first-order valence-electron chi connectivity index (χ1n) is 6.81. The number of rotatable bonds is 1. The molecule has 3 aliphatic rings. The second-order valence-electron chi connectivity index (χ2n) is 6.13. The summed E-state index contributed by atoms with van der Waals surface area (Å²) in [7, 11) is 0. The van der Waals surface area contributed by atoms with Crippen LogP contribution >= 0.6 is 0 Å². The van der Waals surface area contributed by atoms with Gasteiger partial charge >= 0.3 is 0 Å². The third kappa shape index (κ3) is 1.14. The minimum Gasteiger partial charge on any atom is -0.508 e. The predicted octanol–water partition coefficient (Wildman–Crippen LogP) is 2.66. The van der Waals surface area contributed by atoms with Crippen LogP contribution in [0.3, 0.4) is 0 Å². The standard InChI is InChI=1S/C15H19NO/c1-2-15-7-9-5-12(14(8-15)16-9)11-4-3-10(17)6-13(11)15/h3-4,6,9,12,14,16-17H,2,5,7-8H2,1H3/t9-,12+,14-,15+/m1/s1. The largest absolute Gasteiger partial charge is 0.508 e. The van der Waals surface area contributed by atoms with E-state index in [-0.39, 0.29) is 0 Å². The summed E-state index contributed by atoms with van der Waals surface area (Å²) in [5.74, 6) is 1.13. The zero-order chi connectivity index (χ0) is 11.6. The van der Waals surface area contributed by atoms with Crippen LogP contribution in [0, 0.1) is 0 Å². The van der Waals surface area contributed by atoms with Gasteiger partial charge in [0.1, 0.15) is 5.75 Å². The van der Waals surface area contributed by atoms with Crippen LogP contribution in [0.4, 0.5) is 0 Å². The van der Waals surface area contributed by atoms with E-state index in [9.17, 15) is 5.11 Å². The average molecular weight is 229 g/mol. The lowest BCUT2D eigenvalue weighted by Gasteiger charge is -2.46. The molecule has 1 aromatic rings. The van der Waals surface area contributed by atoms with Crippen LogP contribution in [0.5, 0.6) is 5.75 Å². The zero-order valence-corrected chi connectivity index (χ0v) is 10.2. The summed E-state index contributed by atoms with van der Waals surface area (Å²) in [5, 5.41) is 13.6. The van der Waals surface area contributed by atoms with Crippen molar-refractivity contribution in [3.63, 3.8) is 0 Å². The summed E-state index contributed by atoms with van der Waals surface area (Å²) in [5.41, 5.74) is 3.29. The number of piperidine rings is 1. The molecule has 4 rings (SSSR count). The highest BCUT2D eigenvalue weighted by Gasteiger charge is 2.53. The molecule has 2 aliphatic heterocycles. The summed E-state index contributed by atoms with van der Waals surface area (Å²) in [6, 6.07) is 7.45. The Bertz CT molecular complexity index is 480. The van der Waals surface area contributed by atoms with Crippen molar-refractivity contribution in [1.29, 1.82) is 0 Å². The predicted molar refractivity (Wildman–Crippen MR) is 67.4 cm³/mol. The van der Waals surface area contributed by atoms with E-state index in [0.29, 0.717) is 29.2 Å². The van der Waals surface area contributed by atoms with Gasteiger partial charge in [-0.15, -0.1) is 0 Å². The van der Waals surface area contributed by atoms with E-state index in [1.54, 1.807) is 0 Å². The first-order chi connectivity index (χ1) is 8.22. The molecule has 2 nitrogen and oxygen atoms in total. The quantitative estimate of drug-likeness (QED) is 0.776. The van der Waals surface area contributed by atoms with Gasteiger partial charge in [0.05, 0.1) is 0 Å². The highest BCUT2D eigenvalue weighted by atomic mass is 16.3. The van der Waals surface area contributed by atoms with E-state index in [2.05, 4.69) is 18.3 Å². The maximum atomic E-state index is 9.78. The van der Waals surface area contributed by atoms with Gasteiger partial charge in [-0.05, 0) is 54.4 Å². The molecule has 2 heterocycles. The van der Waals surface area contributed by atoms with Crippen LogP contribution in [0.25, 0.3) is 0 Å². The molecule has 0 amide bonds. The first-order valence-corrected chi connectivity index (χ1v) is 6.81. The molecule has 0 saturated carbocycles. The molecule has 2 N–H and O–H groups in total. The number of hydrogen-bond donors (Lipinski definition) is 2. The van der Waals surface area contributed by atoms with Crippen molar-refractivity contribution < 1.29 is 5.11 Å². The number of benzene rings is 1. The van der Waals surface area contributed by atoms with Crippen LogP contribution in [0.1, 0.15) is 49.7 Å². The van der Waals surface area contributed by atoms with E-state index >= 15 is 0 Å². The topological polar surface area (TPSA) is 32.3 Å². The van der Waals surface area contributed by atoms with Crippen molar-refractivity contribution in [3.05, 3.63) is 29.3 Å². The monoisotopic (exact) mass is 229 g/mol. The molecule has 0 aromatic heterocycles. The van der Waals surface area contributed by atoms with Gasteiger partial charge in [0.2, 0.25) is 0 Å². The average Bonchev–Trinajstić information content (AvgIpc) is 2.59. The van der Waals surface area contributed by atoms with Crippen LogP contribution < -0.4 is 5.32 Å².